The minimum absolute atomic E-state index is 0.159. The van der Waals surface area contributed by atoms with Crippen molar-refractivity contribution in [1.29, 1.82) is 0 Å². The molecule has 2 unspecified atom stereocenters. The summed E-state index contributed by atoms with van der Waals surface area (Å²) in [6.07, 6.45) is 5.59. The molecular weight excluding hydrogens is 546 g/mol. The highest BCUT2D eigenvalue weighted by molar-refractivity contribution is 5.88. The SMILES string of the molecule is Cc1ccc(CCCCCOC(C(=O)N(C)CCCC=Cc2ccc3ccccc3c2)C(OCC(=O)O)C(=O)O)cc1C. The number of hydrogen-bond donors (Lipinski definition) is 2. The first-order chi connectivity index (χ1) is 20.7. The summed E-state index contributed by atoms with van der Waals surface area (Å²) in [4.78, 5) is 37.7. The van der Waals surface area contributed by atoms with E-state index in [1.54, 1.807) is 7.05 Å². The maximum atomic E-state index is 13.3. The standard InChI is InChI=1S/C35H43NO7/c1-25-16-17-27(22-26(25)2)12-7-5-11-21-42-32(33(35(40)41)43-24-31(37)38)34(39)36(3)20-10-4-6-13-28-18-19-29-14-8-9-15-30(29)23-28/h6,8-9,13-19,22-23,32-33H,4-5,7,10-12,20-21,24H2,1-3H3,(H,37,38)(H,40,41). The lowest BCUT2D eigenvalue weighted by Crippen LogP contribution is -2.50. The Kier molecular flexibility index (Phi) is 13.4. The zero-order valence-electron chi connectivity index (χ0n) is 25.3. The van der Waals surface area contributed by atoms with Crippen LogP contribution in [0.25, 0.3) is 16.8 Å². The smallest absolute Gasteiger partial charge is 0.336 e. The number of hydrogen-bond acceptors (Lipinski definition) is 5. The lowest BCUT2D eigenvalue weighted by molar-refractivity contribution is -0.175. The van der Waals surface area contributed by atoms with E-state index in [9.17, 15) is 19.5 Å². The molecule has 0 saturated carbocycles. The Labute approximate surface area is 253 Å². The molecule has 8 nitrogen and oxygen atoms in total. The first-order valence-electron chi connectivity index (χ1n) is 14.8. The normalized spacial score (nSPS) is 12.8. The average Bonchev–Trinajstić information content (AvgIpc) is 2.98. The topological polar surface area (TPSA) is 113 Å². The minimum atomic E-state index is -1.73. The summed E-state index contributed by atoms with van der Waals surface area (Å²) in [5, 5.41) is 21.1. The molecule has 0 heterocycles. The zero-order chi connectivity index (χ0) is 31.2. The van der Waals surface area contributed by atoms with Crippen molar-refractivity contribution in [3.05, 3.63) is 89.0 Å². The predicted molar refractivity (Wildman–Crippen MR) is 168 cm³/mol. The fourth-order valence-corrected chi connectivity index (χ4v) is 4.82. The van der Waals surface area contributed by atoms with E-state index in [0.717, 1.165) is 24.8 Å². The number of ether oxygens (including phenoxy) is 2. The molecule has 1 amide bonds. The highest BCUT2D eigenvalue weighted by Gasteiger charge is 2.37. The number of fused-ring (bicyclic) bond motifs is 1. The van der Waals surface area contributed by atoms with Crippen molar-refractivity contribution in [1.82, 2.24) is 4.90 Å². The van der Waals surface area contributed by atoms with E-state index in [1.165, 1.54) is 32.4 Å². The number of aliphatic carboxylic acids is 2. The molecule has 2 N–H and O–H groups in total. The highest BCUT2D eigenvalue weighted by atomic mass is 16.6. The van der Waals surface area contributed by atoms with Crippen LogP contribution in [0.15, 0.2) is 66.7 Å². The van der Waals surface area contributed by atoms with E-state index >= 15 is 0 Å². The van der Waals surface area contributed by atoms with Crippen molar-refractivity contribution < 1.29 is 34.1 Å². The van der Waals surface area contributed by atoms with Crippen molar-refractivity contribution in [2.45, 2.75) is 64.6 Å². The Balaban J connectivity index is 1.51. The fraction of sp³-hybridized carbons (Fsp3) is 0.400. The van der Waals surface area contributed by atoms with Crippen molar-refractivity contribution in [2.75, 3.05) is 26.8 Å². The van der Waals surface area contributed by atoms with Crippen LogP contribution in [0.4, 0.5) is 0 Å². The Morgan fingerprint density at radius 2 is 1.60 bits per heavy atom. The monoisotopic (exact) mass is 589 g/mol. The molecule has 0 radical (unpaired) electrons. The summed E-state index contributed by atoms with van der Waals surface area (Å²) >= 11 is 0. The van der Waals surface area contributed by atoms with Gasteiger partial charge in [-0.15, -0.1) is 0 Å². The number of allylic oxidation sites excluding steroid dienone is 1. The number of amides is 1. The summed E-state index contributed by atoms with van der Waals surface area (Å²) < 4.78 is 10.9. The van der Waals surface area contributed by atoms with Crippen molar-refractivity contribution in [3.63, 3.8) is 0 Å². The van der Waals surface area contributed by atoms with Crippen molar-refractivity contribution >= 4 is 34.7 Å². The van der Waals surface area contributed by atoms with Crippen molar-refractivity contribution in [2.24, 2.45) is 0 Å². The molecule has 8 heteroatoms. The lowest BCUT2D eigenvalue weighted by atomic mass is 10.0. The Morgan fingerprint density at radius 1 is 0.837 bits per heavy atom. The van der Waals surface area contributed by atoms with Crippen LogP contribution in [0, 0.1) is 13.8 Å². The first kappa shape index (κ1) is 33.5. The Bertz CT molecular complexity index is 1400. The van der Waals surface area contributed by atoms with Crippen LogP contribution < -0.4 is 0 Å². The van der Waals surface area contributed by atoms with Gasteiger partial charge in [-0.2, -0.15) is 0 Å². The van der Waals surface area contributed by atoms with Crippen LogP contribution in [-0.2, 0) is 30.3 Å². The summed E-state index contributed by atoms with van der Waals surface area (Å²) in [5.41, 5.74) is 4.87. The number of carboxylic acids is 2. The number of carboxylic acid groups (broad SMARTS) is 2. The van der Waals surface area contributed by atoms with E-state index in [4.69, 9.17) is 14.6 Å². The van der Waals surface area contributed by atoms with Gasteiger partial charge in [-0.05, 0) is 85.0 Å². The van der Waals surface area contributed by atoms with Crippen LogP contribution >= 0.6 is 0 Å². The van der Waals surface area contributed by atoms with E-state index in [0.29, 0.717) is 25.8 Å². The molecule has 3 aromatic rings. The lowest BCUT2D eigenvalue weighted by Gasteiger charge is -2.27. The Hall–Kier alpha value is -4.01. The molecule has 0 aromatic heterocycles. The van der Waals surface area contributed by atoms with Crippen molar-refractivity contribution in [3.8, 4) is 0 Å². The number of likely N-dealkylation sites (N-methyl/N-ethyl adjacent to an activating group) is 1. The molecule has 0 saturated heterocycles. The van der Waals surface area contributed by atoms with Crippen LogP contribution in [0.3, 0.4) is 0 Å². The number of aryl methyl sites for hydroxylation is 3. The maximum absolute atomic E-state index is 13.3. The number of nitrogens with zero attached hydrogens (tertiary/aromatic N) is 1. The van der Waals surface area contributed by atoms with Crippen LogP contribution in [0.2, 0.25) is 0 Å². The van der Waals surface area contributed by atoms with Gasteiger partial charge < -0.3 is 24.6 Å². The van der Waals surface area contributed by atoms with E-state index in [2.05, 4.69) is 62.4 Å². The molecule has 2 atom stereocenters. The maximum Gasteiger partial charge on any atom is 0.336 e. The van der Waals surface area contributed by atoms with Gasteiger partial charge in [-0.25, -0.2) is 9.59 Å². The second-order valence-corrected chi connectivity index (χ2v) is 10.9. The van der Waals surface area contributed by atoms with Gasteiger partial charge in [0.15, 0.2) is 12.2 Å². The van der Waals surface area contributed by atoms with Gasteiger partial charge in [-0.3, -0.25) is 4.79 Å². The molecule has 3 aromatic carbocycles. The molecule has 0 aliphatic heterocycles. The van der Waals surface area contributed by atoms with Gasteiger partial charge in [0.05, 0.1) is 0 Å². The van der Waals surface area contributed by atoms with E-state index < -0.39 is 36.7 Å². The van der Waals surface area contributed by atoms with Crippen LogP contribution in [0.5, 0.6) is 0 Å². The Morgan fingerprint density at radius 3 is 2.33 bits per heavy atom. The van der Waals surface area contributed by atoms with Gasteiger partial charge in [0.25, 0.3) is 5.91 Å². The predicted octanol–water partition coefficient (Wildman–Crippen LogP) is 6.06. The third-order valence-corrected chi connectivity index (χ3v) is 7.45. The largest absolute Gasteiger partial charge is 0.480 e. The third-order valence-electron chi connectivity index (χ3n) is 7.45. The molecule has 3 rings (SSSR count). The number of benzene rings is 3. The molecule has 0 aliphatic carbocycles. The molecule has 0 bridgehead atoms. The number of carbonyl (C=O) groups excluding carboxylic acids is 1. The molecule has 230 valence electrons. The number of unbranched alkanes of at least 4 members (excludes halogenated alkanes) is 3. The van der Waals surface area contributed by atoms with E-state index in [1.807, 2.05) is 24.3 Å². The summed E-state index contributed by atoms with van der Waals surface area (Å²) in [6, 6.07) is 20.9. The van der Waals surface area contributed by atoms with Gasteiger partial charge in [0.2, 0.25) is 0 Å². The quantitative estimate of drug-likeness (QED) is 0.173. The second-order valence-electron chi connectivity index (χ2n) is 10.9. The van der Waals surface area contributed by atoms with Gasteiger partial charge in [-0.1, -0.05) is 73.2 Å². The molecule has 0 spiro atoms. The van der Waals surface area contributed by atoms with Gasteiger partial charge in [0, 0.05) is 20.2 Å². The summed E-state index contributed by atoms with van der Waals surface area (Å²) in [7, 11) is 1.59. The zero-order valence-corrected chi connectivity index (χ0v) is 25.3. The molecule has 0 aliphatic rings. The molecule has 43 heavy (non-hydrogen) atoms. The highest BCUT2D eigenvalue weighted by Crippen LogP contribution is 2.18. The average molecular weight is 590 g/mol. The molecular formula is C35H43NO7. The number of carbonyl (C=O) groups is 3. The van der Waals surface area contributed by atoms with Gasteiger partial charge >= 0.3 is 11.9 Å². The first-order valence-corrected chi connectivity index (χ1v) is 14.8. The number of rotatable bonds is 18. The van der Waals surface area contributed by atoms with Crippen LogP contribution in [0.1, 0.15) is 54.4 Å². The summed E-state index contributed by atoms with van der Waals surface area (Å²) in [5.74, 6) is -3.32. The minimum Gasteiger partial charge on any atom is -0.480 e. The molecule has 0 fully saturated rings. The van der Waals surface area contributed by atoms with Gasteiger partial charge in [0.1, 0.15) is 6.61 Å². The fourth-order valence-electron chi connectivity index (χ4n) is 4.82. The summed E-state index contributed by atoms with van der Waals surface area (Å²) in [6.45, 7) is 3.87. The second kappa shape index (κ2) is 17.2. The van der Waals surface area contributed by atoms with Crippen LogP contribution in [-0.4, -0.2) is 72.0 Å². The van der Waals surface area contributed by atoms with E-state index in [-0.39, 0.29) is 6.61 Å². The third kappa shape index (κ3) is 11.0.